The minimum absolute atomic E-state index is 0.505. The van der Waals surface area contributed by atoms with E-state index in [1.54, 1.807) is 23.9 Å². The SMILES string of the molecule is CSCC[C@@H](Nc1nc(-c2ccc(Cl)cc2)nc2ccccc12)C(=O)O. The van der Waals surface area contributed by atoms with Crippen LogP contribution in [0, 0.1) is 0 Å². The summed E-state index contributed by atoms with van der Waals surface area (Å²) in [6, 6.07) is 14.1. The summed E-state index contributed by atoms with van der Waals surface area (Å²) >= 11 is 7.57. The molecule has 0 bridgehead atoms. The first-order valence-electron chi connectivity index (χ1n) is 8.09. The van der Waals surface area contributed by atoms with Crippen molar-refractivity contribution >= 4 is 46.1 Å². The third-order valence-electron chi connectivity index (χ3n) is 3.93. The number of halogens is 1. The van der Waals surface area contributed by atoms with Crippen molar-refractivity contribution < 1.29 is 9.90 Å². The number of hydrogen-bond acceptors (Lipinski definition) is 5. The van der Waals surface area contributed by atoms with E-state index >= 15 is 0 Å². The first-order chi connectivity index (χ1) is 12.6. The number of thioether (sulfide) groups is 1. The molecule has 5 nitrogen and oxygen atoms in total. The molecule has 0 aliphatic rings. The van der Waals surface area contributed by atoms with E-state index in [-0.39, 0.29) is 0 Å². The van der Waals surface area contributed by atoms with Gasteiger partial charge in [0.05, 0.1) is 5.52 Å². The van der Waals surface area contributed by atoms with E-state index in [9.17, 15) is 9.90 Å². The summed E-state index contributed by atoms with van der Waals surface area (Å²) in [7, 11) is 0. The average molecular weight is 388 g/mol. The number of carboxylic acids is 1. The Bertz CT molecular complexity index is 918. The van der Waals surface area contributed by atoms with Crippen molar-refractivity contribution in [2.45, 2.75) is 12.5 Å². The number of aliphatic carboxylic acids is 1. The fourth-order valence-corrected chi connectivity index (χ4v) is 3.17. The summed E-state index contributed by atoms with van der Waals surface area (Å²) in [5, 5.41) is 14.0. The number of nitrogens with one attached hydrogen (secondary N) is 1. The summed E-state index contributed by atoms with van der Waals surface area (Å²) in [4.78, 5) is 20.8. The number of aromatic nitrogens is 2. The van der Waals surface area contributed by atoms with E-state index in [1.807, 2.05) is 42.7 Å². The maximum absolute atomic E-state index is 11.6. The molecule has 0 saturated carbocycles. The second kappa shape index (κ2) is 8.38. The summed E-state index contributed by atoms with van der Waals surface area (Å²) in [6.07, 6.45) is 2.46. The van der Waals surface area contributed by atoms with Crippen molar-refractivity contribution in [1.29, 1.82) is 0 Å². The molecule has 0 unspecified atom stereocenters. The number of fused-ring (bicyclic) bond motifs is 1. The highest BCUT2D eigenvalue weighted by atomic mass is 35.5. The van der Waals surface area contributed by atoms with Gasteiger partial charge in [-0.1, -0.05) is 23.7 Å². The van der Waals surface area contributed by atoms with Crippen LogP contribution < -0.4 is 5.32 Å². The third kappa shape index (κ3) is 4.26. The Morgan fingerprint density at radius 2 is 1.92 bits per heavy atom. The summed E-state index contributed by atoms with van der Waals surface area (Å²) < 4.78 is 0. The average Bonchev–Trinajstić information content (AvgIpc) is 2.65. The normalized spacial score (nSPS) is 12.1. The zero-order valence-corrected chi connectivity index (χ0v) is 15.7. The fourth-order valence-electron chi connectivity index (χ4n) is 2.57. The Morgan fingerprint density at radius 3 is 2.62 bits per heavy atom. The van der Waals surface area contributed by atoms with E-state index < -0.39 is 12.0 Å². The van der Waals surface area contributed by atoms with Gasteiger partial charge in [0.1, 0.15) is 11.9 Å². The van der Waals surface area contributed by atoms with Crippen LogP contribution in [0.4, 0.5) is 5.82 Å². The predicted molar refractivity (Wildman–Crippen MR) is 108 cm³/mol. The molecule has 7 heteroatoms. The zero-order chi connectivity index (χ0) is 18.5. The molecule has 3 aromatic rings. The van der Waals surface area contributed by atoms with Crippen molar-refractivity contribution in [1.82, 2.24) is 9.97 Å². The second-order valence-electron chi connectivity index (χ2n) is 5.74. The Balaban J connectivity index is 2.04. The molecule has 1 heterocycles. The summed E-state index contributed by atoms with van der Waals surface area (Å²) in [5.41, 5.74) is 1.57. The molecule has 3 rings (SSSR count). The lowest BCUT2D eigenvalue weighted by Gasteiger charge is -2.17. The summed E-state index contributed by atoms with van der Waals surface area (Å²) in [5.74, 6) is 0.900. The van der Waals surface area contributed by atoms with Gasteiger partial charge in [-0.05, 0) is 54.8 Å². The van der Waals surface area contributed by atoms with E-state index in [4.69, 9.17) is 11.6 Å². The standard InChI is InChI=1S/C19H18ClN3O2S/c1-26-11-10-16(19(24)25)22-18-14-4-2-3-5-15(14)21-17(23-18)12-6-8-13(20)9-7-12/h2-9,16H,10-11H2,1H3,(H,24,25)(H,21,22,23)/t16-/m1/s1. The maximum atomic E-state index is 11.6. The molecule has 0 fully saturated rings. The van der Waals surface area contributed by atoms with Gasteiger partial charge in [0, 0.05) is 16.0 Å². The molecule has 2 aromatic carbocycles. The highest BCUT2D eigenvalue weighted by Crippen LogP contribution is 2.26. The molecule has 2 N–H and O–H groups in total. The molecule has 26 heavy (non-hydrogen) atoms. The van der Waals surface area contributed by atoms with Gasteiger partial charge in [-0.15, -0.1) is 0 Å². The van der Waals surface area contributed by atoms with Crippen LogP contribution >= 0.6 is 23.4 Å². The van der Waals surface area contributed by atoms with Crippen molar-refractivity contribution in [3.63, 3.8) is 0 Å². The van der Waals surface area contributed by atoms with E-state index in [0.717, 1.165) is 22.2 Å². The van der Waals surface area contributed by atoms with Gasteiger partial charge in [-0.25, -0.2) is 14.8 Å². The Labute approximate surface area is 160 Å². The maximum Gasteiger partial charge on any atom is 0.326 e. The molecular formula is C19H18ClN3O2S. The monoisotopic (exact) mass is 387 g/mol. The minimum Gasteiger partial charge on any atom is -0.480 e. The number of para-hydroxylation sites is 1. The van der Waals surface area contributed by atoms with Gasteiger partial charge in [0.25, 0.3) is 0 Å². The predicted octanol–water partition coefficient (Wildman–Crippen LogP) is 4.57. The molecular weight excluding hydrogens is 370 g/mol. The van der Waals surface area contributed by atoms with Crippen LogP contribution in [0.3, 0.4) is 0 Å². The number of anilines is 1. The van der Waals surface area contributed by atoms with Crippen molar-refractivity contribution in [2.24, 2.45) is 0 Å². The first-order valence-corrected chi connectivity index (χ1v) is 9.86. The highest BCUT2D eigenvalue weighted by Gasteiger charge is 2.19. The van der Waals surface area contributed by atoms with Crippen LogP contribution in [0.15, 0.2) is 48.5 Å². The highest BCUT2D eigenvalue weighted by molar-refractivity contribution is 7.98. The van der Waals surface area contributed by atoms with E-state index in [0.29, 0.717) is 23.1 Å². The zero-order valence-electron chi connectivity index (χ0n) is 14.1. The quantitative estimate of drug-likeness (QED) is 0.618. The van der Waals surface area contributed by atoms with E-state index in [2.05, 4.69) is 15.3 Å². The van der Waals surface area contributed by atoms with Gasteiger partial charge in [0.2, 0.25) is 0 Å². The number of carboxylic acid groups (broad SMARTS) is 1. The summed E-state index contributed by atoms with van der Waals surface area (Å²) in [6.45, 7) is 0. The first kappa shape index (κ1) is 18.5. The molecule has 0 aliphatic heterocycles. The lowest BCUT2D eigenvalue weighted by molar-refractivity contribution is -0.137. The topological polar surface area (TPSA) is 75.1 Å². The van der Waals surface area contributed by atoms with E-state index in [1.165, 1.54) is 0 Å². The Hall–Kier alpha value is -2.31. The minimum atomic E-state index is -0.894. The second-order valence-corrected chi connectivity index (χ2v) is 7.16. The van der Waals surface area contributed by atoms with Gasteiger partial charge >= 0.3 is 5.97 Å². The van der Waals surface area contributed by atoms with Crippen LogP contribution in [0.25, 0.3) is 22.3 Å². The van der Waals surface area contributed by atoms with Crippen LogP contribution in [-0.2, 0) is 4.79 Å². The lowest BCUT2D eigenvalue weighted by Crippen LogP contribution is -2.30. The number of carbonyl (C=O) groups is 1. The third-order valence-corrected chi connectivity index (χ3v) is 4.82. The largest absolute Gasteiger partial charge is 0.480 e. The molecule has 134 valence electrons. The number of benzene rings is 2. The van der Waals surface area contributed by atoms with Crippen LogP contribution in [0.5, 0.6) is 0 Å². The molecule has 0 aliphatic carbocycles. The number of hydrogen-bond donors (Lipinski definition) is 2. The number of rotatable bonds is 7. The van der Waals surface area contributed by atoms with Crippen molar-refractivity contribution in [3.8, 4) is 11.4 Å². The van der Waals surface area contributed by atoms with Gasteiger partial charge < -0.3 is 10.4 Å². The van der Waals surface area contributed by atoms with Crippen LogP contribution in [-0.4, -0.2) is 39.1 Å². The van der Waals surface area contributed by atoms with Crippen molar-refractivity contribution in [3.05, 3.63) is 53.6 Å². The van der Waals surface area contributed by atoms with Gasteiger partial charge in [-0.3, -0.25) is 0 Å². The Morgan fingerprint density at radius 1 is 1.19 bits per heavy atom. The van der Waals surface area contributed by atoms with Gasteiger partial charge in [0.15, 0.2) is 5.82 Å². The van der Waals surface area contributed by atoms with Gasteiger partial charge in [-0.2, -0.15) is 11.8 Å². The Kier molecular flexibility index (Phi) is 5.96. The van der Waals surface area contributed by atoms with Crippen molar-refractivity contribution in [2.75, 3.05) is 17.3 Å². The molecule has 0 radical (unpaired) electrons. The molecule has 0 spiro atoms. The fraction of sp³-hybridized carbons (Fsp3) is 0.211. The smallest absolute Gasteiger partial charge is 0.326 e. The molecule has 0 saturated heterocycles. The van der Waals surface area contributed by atoms with Crippen LogP contribution in [0.1, 0.15) is 6.42 Å². The molecule has 1 atom stereocenters. The van der Waals surface area contributed by atoms with Crippen LogP contribution in [0.2, 0.25) is 5.02 Å². The molecule has 1 aromatic heterocycles. The molecule has 0 amide bonds. The lowest BCUT2D eigenvalue weighted by atomic mass is 10.1. The number of nitrogens with zero attached hydrogens (tertiary/aromatic N) is 2.